The van der Waals surface area contributed by atoms with Crippen LogP contribution in [0.25, 0.3) is 0 Å². The molecule has 0 aromatic carbocycles. The Bertz CT molecular complexity index is 601. The lowest BCUT2D eigenvalue weighted by Crippen LogP contribution is -2.15. The highest BCUT2D eigenvalue weighted by atomic mass is 32.1. The molecule has 0 radical (unpaired) electrons. The third-order valence-electron chi connectivity index (χ3n) is 2.67. The molecule has 21 heavy (non-hydrogen) atoms. The SMILES string of the molecule is CC(C)Nc1ncnc(NCCc2cccs2)c1[N+](=O)[O-]. The lowest BCUT2D eigenvalue weighted by Gasteiger charge is -2.11. The highest BCUT2D eigenvalue weighted by molar-refractivity contribution is 7.09. The summed E-state index contributed by atoms with van der Waals surface area (Å²) in [5.74, 6) is 0.485. The van der Waals surface area contributed by atoms with Crippen LogP contribution >= 0.6 is 11.3 Å². The molecule has 112 valence electrons. The Balaban J connectivity index is 2.12. The van der Waals surface area contributed by atoms with E-state index in [0.717, 1.165) is 6.42 Å². The smallest absolute Gasteiger partial charge is 0.353 e. The Hall–Kier alpha value is -2.22. The summed E-state index contributed by atoms with van der Waals surface area (Å²) in [4.78, 5) is 20.0. The van der Waals surface area contributed by atoms with E-state index in [1.54, 1.807) is 11.3 Å². The summed E-state index contributed by atoms with van der Waals surface area (Å²) in [5.41, 5.74) is -0.114. The lowest BCUT2D eigenvalue weighted by molar-refractivity contribution is -0.383. The molecule has 0 unspecified atom stereocenters. The second-order valence-electron chi connectivity index (χ2n) is 4.73. The average Bonchev–Trinajstić information content (AvgIpc) is 2.91. The topological polar surface area (TPSA) is 93.0 Å². The zero-order valence-corrected chi connectivity index (χ0v) is 12.7. The van der Waals surface area contributed by atoms with E-state index < -0.39 is 4.92 Å². The van der Waals surface area contributed by atoms with E-state index in [2.05, 4.69) is 20.6 Å². The standard InChI is InChI=1S/C13H17N5O2S/c1-9(2)17-13-11(18(19)20)12(15-8-16-13)14-6-5-10-4-3-7-21-10/h3-4,7-9H,5-6H2,1-2H3,(H2,14,15,16,17). The fourth-order valence-corrected chi connectivity index (χ4v) is 2.53. The molecule has 0 aliphatic heterocycles. The Kier molecular flexibility index (Phi) is 5.04. The van der Waals surface area contributed by atoms with E-state index in [4.69, 9.17) is 0 Å². The van der Waals surface area contributed by atoms with Crippen LogP contribution in [0.15, 0.2) is 23.8 Å². The Morgan fingerprint density at radius 3 is 2.76 bits per heavy atom. The molecular weight excluding hydrogens is 290 g/mol. The van der Waals surface area contributed by atoms with Crippen molar-refractivity contribution in [2.45, 2.75) is 26.3 Å². The molecule has 0 fully saturated rings. The van der Waals surface area contributed by atoms with Gasteiger partial charge in [0.25, 0.3) is 0 Å². The minimum Gasteiger partial charge on any atom is -0.364 e. The highest BCUT2D eigenvalue weighted by Crippen LogP contribution is 2.29. The second kappa shape index (κ2) is 6.98. The molecule has 2 rings (SSSR count). The zero-order valence-electron chi connectivity index (χ0n) is 11.9. The molecule has 2 aromatic heterocycles. The maximum absolute atomic E-state index is 11.3. The van der Waals surface area contributed by atoms with Crippen molar-refractivity contribution in [1.29, 1.82) is 0 Å². The van der Waals surface area contributed by atoms with Crippen molar-refractivity contribution in [3.05, 3.63) is 38.8 Å². The van der Waals surface area contributed by atoms with E-state index in [9.17, 15) is 10.1 Å². The van der Waals surface area contributed by atoms with Crippen LogP contribution in [-0.2, 0) is 6.42 Å². The maximum Gasteiger partial charge on any atom is 0.353 e. The minimum atomic E-state index is -0.460. The van der Waals surface area contributed by atoms with Crippen molar-refractivity contribution in [2.24, 2.45) is 0 Å². The molecule has 0 saturated heterocycles. The first-order chi connectivity index (χ1) is 10.1. The number of hydrogen-bond acceptors (Lipinski definition) is 7. The minimum absolute atomic E-state index is 0.0533. The van der Waals surface area contributed by atoms with E-state index in [1.165, 1.54) is 11.2 Å². The second-order valence-corrected chi connectivity index (χ2v) is 5.76. The van der Waals surface area contributed by atoms with Gasteiger partial charge in [-0.1, -0.05) is 6.07 Å². The molecule has 0 amide bonds. The van der Waals surface area contributed by atoms with Crippen LogP contribution in [-0.4, -0.2) is 27.5 Å². The van der Waals surface area contributed by atoms with Gasteiger partial charge >= 0.3 is 5.69 Å². The molecule has 2 heterocycles. The van der Waals surface area contributed by atoms with E-state index in [1.807, 2.05) is 31.4 Å². The predicted octanol–water partition coefficient (Wildman–Crippen LogP) is 2.92. The average molecular weight is 307 g/mol. The number of thiophene rings is 1. The van der Waals surface area contributed by atoms with Gasteiger partial charge in [-0.15, -0.1) is 11.3 Å². The van der Waals surface area contributed by atoms with Crippen molar-refractivity contribution in [1.82, 2.24) is 9.97 Å². The van der Waals surface area contributed by atoms with Crippen molar-refractivity contribution in [3.63, 3.8) is 0 Å². The van der Waals surface area contributed by atoms with Crippen LogP contribution in [0.2, 0.25) is 0 Å². The summed E-state index contributed by atoms with van der Waals surface area (Å²) in [6.07, 6.45) is 2.12. The van der Waals surface area contributed by atoms with Gasteiger partial charge in [-0.25, -0.2) is 9.97 Å². The van der Waals surface area contributed by atoms with Crippen molar-refractivity contribution >= 4 is 28.7 Å². The Morgan fingerprint density at radius 2 is 2.14 bits per heavy atom. The Morgan fingerprint density at radius 1 is 1.38 bits per heavy atom. The van der Waals surface area contributed by atoms with Gasteiger partial charge in [-0.05, 0) is 31.7 Å². The van der Waals surface area contributed by atoms with Gasteiger partial charge in [-0.3, -0.25) is 10.1 Å². The molecule has 0 atom stereocenters. The number of rotatable bonds is 7. The van der Waals surface area contributed by atoms with Gasteiger partial charge in [0.2, 0.25) is 11.6 Å². The normalized spacial score (nSPS) is 10.6. The monoisotopic (exact) mass is 307 g/mol. The number of anilines is 2. The van der Waals surface area contributed by atoms with Crippen LogP contribution in [0.1, 0.15) is 18.7 Å². The van der Waals surface area contributed by atoms with Gasteiger partial charge in [0.1, 0.15) is 6.33 Å². The maximum atomic E-state index is 11.3. The van der Waals surface area contributed by atoms with E-state index in [0.29, 0.717) is 6.54 Å². The van der Waals surface area contributed by atoms with Gasteiger partial charge in [-0.2, -0.15) is 0 Å². The number of nitro groups is 1. The summed E-state index contributed by atoms with van der Waals surface area (Å²) in [6.45, 7) is 4.38. The molecular formula is C13H17N5O2S. The van der Waals surface area contributed by atoms with Crippen molar-refractivity contribution in [3.8, 4) is 0 Å². The fraction of sp³-hybridized carbons (Fsp3) is 0.385. The molecule has 0 aliphatic rings. The summed E-state index contributed by atoms with van der Waals surface area (Å²) in [5, 5.41) is 19.3. The van der Waals surface area contributed by atoms with E-state index >= 15 is 0 Å². The largest absolute Gasteiger partial charge is 0.364 e. The number of nitrogens with zero attached hydrogens (tertiary/aromatic N) is 3. The number of aromatic nitrogens is 2. The lowest BCUT2D eigenvalue weighted by atomic mass is 10.3. The molecule has 2 aromatic rings. The fourth-order valence-electron chi connectivity index (χ4n) is 1.82. The summed E-state index contributed by atoms with van der Waals surface area (Å²) in [7, 11) is 0. The molecule has 7 nitrogen and oxygen atoms in total. The Labute approximate surface area is 126 Å². The van der Waals surface area contributed by atoms with Crippen LogP contribution in [0, 0.1) is 10.1 Å². The first-order valence-corrected chi connectivity index (χ1v) is 7.48. The molecule has 0 aliphatic carbocycles. The zero-order chi connectivity index (χ0) is 15.2. The highest BCUT2D eigenvalue weighted by Gasteiger charge is 2.23. The van der Waals surface area contributed by atoms with Gasteiger partial charge < -0.3 is 10.6 Å². The van der Waals surface area contributed by atoms with Gasteiger partial charge in [0, 0.05) is 17.5 Å². The van der Waals surface area contributed by atoms with Crippen LogP contribution in [0.5, 0.6) is 0 Å². The molecule has 0 spiro atoms. The van der Waals surface area contributed by atoms with Crippen molar-refractivity contribution < 1.29 is 4.92 Å². The van der Waals surface area contributed by atoms with Crippen LogP contribution < -0.4 is 10.6 Å². The molecule has 0 saturated carbocycles. The van der Waals surface area contributed by atoms with Gasteiger partial charge in [0.15, 0.2) is 0 Å². The predicted molar refractivity (Wildman–Crippen MR) is 84.0 cm³/mol. The molecule has 0 bridgehead atoms. The number of hydrogen-bond donors (Lipinski definition) is 2. The molecule has 2 N–H and O–H groups in total. The summed E-state index contributed by atoms with van der Waals surface area (Å²) < 4.78 is 0. The number of nitrogens with one attached hydrogen (secondary N) is 2. The molecule has 8 heteroatoms. The van der Waals surface area contributed by atoms with E-state index in [-0.39, 0.29) is 23.4 Å². The van der Waals surface area contributed by atoms with Crippen LogP contribution in [0.4, 0.5) is 17.3 Å². The van der Waals surface area contributed by atoms with Gasteiger partial charge in [0.05, 0.1) is 4.92 Å². The summed E-state index contributed by atoms with van der Waals surface area (Å²) in [6, 6.07) is 4.07. The summed E-state index contributed by atoms with van der Waals surface area (Å²) >= 11 is 1.66. The van der Waals surface area contributed by atoms with Crippen molar-refractivity contribution in [2.75, 3.05) is 17.2 Å². The third kappa shape index (κ3) is 4.12. The van der Waals surface area contributed by atoms with Crippen LogP contribution in [0.3, 0.4) is 0 Å². The first kappa shape index (κ1) is 15.2. The third-order valence-corrected chi connectivity index (χ3v) is 3.61. The first-order valence-electron chi connectivity index (χ1n) is 6.60. The quantitative estimate of drug-likeness (QED) is 0.603.